The molecule has 1 amide bonds. The Morgan fingerprint density at radius 2 is 2.00 bits per heavy atom. The number of amides is 1. The average Bonchev–Trinajstić information content (AvgIpc) is 2.19. The Kier molecular flexibility index (Phi) is 4.35. The number of nitrogens with two attached hydrogens (primary N) is 1. The summed E-state index contributed by atoms with van der Waals surface area (Å²) in [5.41, 5.74) is 5.48. The van der Waals surface area contributed by atoms with Gasteiger partial charge in [-0.15, -0.1) is 0 Å². The van der Waals surface area contributed by atoms with Gasteiger partial charge in [-0.05, 0) is 32.6 Å². The number of rotatable bonds is 3. The summed E-state index contributed by atoms with van der Waals surface area (Å²) < 4.78 is 5.26. The lowest BCUT2D eigenvalue weighted by Gasteiger charge is -2.28. The highest BCUT2D eigenvalue weighted by Gasteiger charge is 2.22. The Bertz CT molecular complexity index is 189. The van der Waals surface area contributed by atoms with E-state index < -0.39 is 6.04 Å². The maximum Gasteiger partial charge on any atom is 0.236 e. The molecule has 0 bridgehead atoms. The van der Waals surface area contributed by atoms with Gasteiger partial charge >= 0.3 is 0 Å². The van der Waals surface area contributed by atoms with Crippen molar-refractivity contribution < 1.29 is 9.53 Å². The zero-order valence-corrected chi connectivity index (χ0v) is 8.95. The summed E-state index contributed by atoms with van der Waals surface area (Å²) in [7, 11) is 0. The first kappa shape index (κ1) is 11.5. The zero-order chi connectivity index (χ0) is 10.6. The third kappa shape index (κ3) is 3.27. The van der Waals surface area contributed by atoms with Crippen molar-refractivity contribution in [1.29, 1.82) is 0 Å². The molecule has 1 aliphatic rings. The summed E-state index contributed by atoms with van der Waals surface area (Å²) in [6, 6.07) is -0.213. The van der Waals surface area contributed by atoms with Crippen LogP contribution in [-0.4, -0.2) is 31.2 Å². The number of ether oxygens (including phenoxy) is 1. The van der Waals surface area contributed by atoms with E-state index in [1.807, 2.05) is 6.92 Å². The summed E-state index contributed by atoms with van der Waals surface area (Å²) in [6.07, 6.45) is 2.06. The van der Waals surface area contributed by atoms with Crippen LogP contribution in [0.3, 0.4) is 0 Å². The van der Waals surface area contributed by atoms with E-state index in [2.05, 4.69) is 5.32 Å². The molecule has 0 aromatic heterocycles. The first-order chi connectivity index (χ1) is 6.61. The molecule has 0 saturated carbocycles. The van der Waals surface area contributed by atoms with E-state index in [9.17, 15) is 4.79 Å². The molecular formula is C10H20N2O2. The second-order valence-corrected chi connectivity index (χ2v) is 4.04. The summed E-state index contributed by atoms with van der Waals surface area (Å²) >= 11 is 0. The minimum Gasteiger partial charge on any atom is -0.381 e. The first-order valence-corrected chi connectivity index (χ1v) is 5.25. The predicted molar refractivity (Wildman–Crippen MR) is 54.8 cm³/mol. The van der Waals surface area contributed by atoms with Crippen LogP contribution in [0.2, 0.25) is 0 Å². The normalized spacial score (nSPS) is 22.8. The van der Waals surface area contributed by atoms with E-state index in [1.165, 1.54) is 0 Å². The molecule has 4 nitrogen and oxygen atoms in total. The first-order valence-electron chi connectivity index (χ1n) is 5.25. The van der Waals surface area contributed by atoms with Crippen molar-refractivity contribution in [3.05, 3.63) is 0 Å². The van der Waals surface area contributed by atoms with Crippen LogP contribution in [0.25, 0.3) is 0 Å². The Hall–Kier alpha value is -0.610. The van der Waals surface area contributed by atoms with E-state index in [0.717, 1.165) is 26.1 Å². The Morgan fingerprint density at radius 3 is 2.50 bits per heavy atom. The van der Waals surface area contributed by atoms with E-state index in [4.69, 9.17) is 10.5 Å². The lowest BCUT2D eigenvalue weighted by Crippen LogP contribution is -2.46. The SMILES string of the molecule is CC(N)C(=O)NC(C)C1CCOCC1. The van der Waals surface area contributed by atoms with Crippen LogP contribution < -0.4 is 11.1 Å². The highest BCUT2D eigenvalue weighted by atomic mass is 16.5. The van der Waals surface area contributed by atoms with E-state index in [-0.39, 0.29) is 11.9 Å². The molecule has 2 unspecified atom stereocenters. The van der Waals surface area contributed by atoms with Gasteiger partial charge in [0.2, 0.25) is 5.91 Å². The highest BCUT2D eigenvalue weighted by Crippen LogP contribution is 2.18. The summed E-state index contributed by atoms with van der Waals surface area (Å²) in [4.78, 5) is 11.3. The molecule has 1 aliphatic heterocycles. The van der Waals surface area contributed by atoms with Gasteiger partial charge in [0, 0.05) is 19.3 Å². The predicted octanol–water partition coefficient (Wildman–Crippen LogP) is 0.265. The highest BCUT2D eigenvalue weighted by molar-refractivity contribution is 5.81. The van der Waals surface area contributed by atoms with Gasteiger partial charge in [0.05, 0.1) is 6.04 Å². The number of carbonyl (C=O) groups excluding carboxylic acids is 1. The topological polar surface area (TPSA) is 64.4 Å². The molecule has 0 aliphatic carbocycles. The van der Waals surface area contributed by atoms with Crippen LogP contribution in [0.4, 0.5) is 0 Å². The van der Waals surface area contributed by atoms with Gasteiger partial charge in [0.25, 0.3) is 0 Å². The smallest absolute Gasteiger partial charge is 0.236 e. The van der Waals surface area contributed by atoms with Gasteiger partial charge in [-0.1, -0.05) is 0 Å². The molecule has 82 valence electrons. The van der Waals surface area contributed by atoms with Crippen LogP contribution in [0, 0.1) is 5.92 Å². The molecule has 0 aromatic carbocycles. The molecule has 2 atom stereocenters. The van der Waals surface area contributed by atoms with Crippen molar-refractivity contribution in [2.45, 2.75) is 38.8 Å². The molecule has 1 heterocycles. The van der Waals surface area contributed by atoms with Crippen LogP contribution in [-0.2, 0) is 9.53 Å². The van der Waals surface area contributed by atoms with Crippen molar-refractivity contribution in [2.75, 3.05) is 13.2 Å². The van der Waals surface area contributed by atoms with Gasteiger partial charge in [0.1, 0.15) is 0 Å². The van der Waals surface area contributed by atoms with Crippen molar-refractivity contribution >= 4 is 5.91 Å². The molecule has 1 fully saturated rings. The lowest BCUT2D eigenvalue weighted by molar-refractivity contribution is -0.123. The van der Waals surface area contributed by atoms with Gasteiger partial charge in [-0.2, -0.15) is 0 Å². The maximum atomic E-state index is 11.3. The van der Waals surface area contributed by atoms with Crippen molar-refractivity contribution in [2.24, 2.45) is 11.7 Å². The second kappa shape index (κ2) is 5.32. The molecule has 14 heavy (non-hydrogen) atoms. The third-order valence-electron chi connectivity index (χ3n) is 2.76. The summed E-state index contributed by atoms with van der Waals surface area (Å²) in [5, 5.41) is 2.93. The number of hydrogen-bond acceptors (Lipinski definition) is 3. The van der Waals surface area contributed by atoms with Gasteiger partial charge < -0.3 is 15.8 Å². The third-order valence-corrected chi connectivity index (χ3v) is 2.76. The standard InChI is InChI=1S/C10H20N2O2/c1-7(11)10(13)12-8(2)9-3-5-14-6-4-9/h7-9H,3-6,11H2,1-2H3,(H,12,13). The Morgan fingerprint density at radius 1 is 1.43 bits per heavy atom. The fourth-order valence-electron chi connectivity index (χ4n) is 1.69. The molecule has 0 aromatic rings. The fourth-order valence-corrected chi connectivity index (χ4v) is 1.69. The number of hydrogen-bond donors (Lipinski definition) is 2. The van der Waals surface area contributed by atoms with E-state index >= 15 is 0 Å². The zero-order valence-electron chi connectivity index (χ0n) is 8.95. The van der Waals surface area contributed by atoms with Crippen molar-refractivity contribution in [1.82, 2.24) is 5.32 Å². The molecule has 3 N–H and O–H groups in total. The van der Waals surface area contributed by atoms with Crippen LogP contribution in [0.1, 0.15) is 26.7 Å². The molecule has 1 rings (SSSR count). The lowest BCUT2D eigenvalue weighted by atomic mass is 9.93. The minimum absolute atomic E-state index is 0.0657. The van der Waals surface area contributed by atoms with Crippen LogP contribution in [0.5, 0.6) is 0 Å². The van der Waals surface area contributed by atoms with Crippen molar-refractivity contribution in [3.63, 3.8) is 0 Å². The van der Waals surface area contributed by atoms with E-state index in [1.54, 1.807) is 6.92 Å². The van der Waals surface area contributed by atoms with Crippen LogP contribution in [0.15, 0.2) is 0 Å². The average molecular weight is 200 g/mol. The molecule has 4 heteroatoms. The van der Waals surface area contributed by atoms with Gasteiger partial charge in [-0.25, -0.2) is 0 Å². The fraction of sp³-hybridized carbons (Fsp3) is 0.900. The Labute approximate surface area is 85.2 Å². The molecule has 0 spiro atoms. The monoisotopic (exact) mass is 200 g/mol. The molecule has 0 radical (unpaired) electrons. The van der Waals surface area contributed by atoms with Crippen LogP contribution >= 0.6 is 0 Å². The maximum absolute atomic E-state index is 11.3. The molecule has 1 saturated heterocycles. The number of nitrogens with one attached hydrogen (secondary N) is 1. The van der Waals surface area contributed by atoms with E-state index in [0.29, 0.717) is 5.92 Å². The Balaban J connectivity index is 2.32. The second-order valence-electron chi connectivity index (χ2n) is 4.04. The number of carbonyl (C=O) groups is 1. The summed E-state index contributed by atoms with van der Waals surface area (Å²) in [6.45, 7) is 5.36. The quantitative estimate of drug-likeness (QED) is 0.687. The van der Waals surface area contributed by atoms with Gasteiger partial charge in [0.15, 0.2) is 0 Å². The largest absolute Gasteiger partial charge is 0.381 e. The summed E-state index contributed by atoms with van der Waals surface area (Å²) in [5.74, 6) is 0.468. The minimum atomic E-state index is -0.419. The van der Waals surface area contributed by atoms with Gasteiger partial charge in [-0.3, -0.25) is 4.79 Å². The molecular weight excluding hydrogens is 180 g/mol. The van der Waals surface area contributed by atoms with Crippen molar-refractivity contribution in [3.8, 4) is 0 Å².